The van der Waals surface area contributed by atoms with E-state index < -0.39 is 11.0 Å². The summed E-state index contributed by atoms with van der Waals surface area (Å²) in [5, 5.41) is 14.2. The Morgan fingerprint density at radius 3 is 3.00 bits per heavy atom. The molecule has 1 saturated heterocycles. The van der Waals surface area contributed by atoms with Crippen molar-refractivity contribution in [3.8, 4) is 0 Å². The molecule has 0 bridgehead atoms. The summed E-state index contributed by atoms with van der Waals surface area (Å²) in [5.41, 5.74) is 0.541. The number of halogens is 1. The number of amidine groups is 1. The number of benzene rings is 1. The number of amides is 2. The third kappa shape index (κ3) is 3.89. The van der Waals surface area contributed by atoms with Crippen LogP contribution in [0.4, 0.5) is 16.2 Å². The number of anilines is 1. The number of thioether (sulfide) groups is 1. The molecular weight excluding hydrogens is 328 g/mol. The molecule has 0 aromatic heterocycles. The van der Waals surface area contributed by atoms with E-state index >= 15 is 0 Å². The number of nitro groups is 1. The van der Waals surface area contributed by atoms with Gasteiger partial charge in [0.25, 0.3) is 5.69 Å². The maximum Gasteiger partial charge on any atom is 0.343 e. The summed E-state index contributed by atoms with van der Waals surface area (Å²) in [7, 11) is 0. The monoisotopic (exact) mass is 342 g/mol. The second-order valence-electron chi connectivity index (χ2n) is 4.52. The number of carbonyl (C=O) groups is 1. The molecule has 0 atom stereocenters. The number of carbonyl (C=O) groups excluding carboxylic acids is 1. The predicted molar refractivity (Wildman–Crippen MR) is 89.0 cm³/mol. The van der Waals surface area contributed by atoms with Crippen LogP contribution in [-0.2, 0) is 0 Å². The van der Waals surface area contributed by atoms with Crippen LogP contribution in [0.1, 0.15) is 13.3 Å². The molecule has 1 fully saturated rings. The molecular formula is C13H15ClN4O3S. The number of urea groups is 1. The van der Waals surface area contributed by atoms with Crippen LogP contribution < -0.4 is 10.2 Å². The topological polar surface area (TPSA) is 87.8 Å². The Morgan fingerprint density at radius 1 is 1.59 bits per heavy atom. The molecule has 2 rings (SSSR count). The number of hydrogen-bond acceptors (Lipinski definition) is 4. The van der Waals surface area contributed by atoms with Crippen molar-refractivity contribution < 1.29 is 9.72 Å². The molecule has 1 aromatic carbocycles. The Balaban J connectivity index is 2.22. The average Bonchev–Trinajstić information content (AvgIpc) is 2.92. The summed E-state index contributed by atoms with van der Waals surface area (Å²) in [6, 6.07) is 3.87. The minimum atomic E-state index is -0.498. The van der Waals surface area contributed by atoms with Crippen molar-refractivity contribution >= 4 is 45.9 Å². The van der Waals surface area contributed by atoms with E-state index in [-0.39, 0.29) is 10.7 Å². The molecule has 118 valence electrons. The molecule has 7 nitrogen and oxygen atoms in total. The average molecular weight is 343 g/mol. The van der Waals surface area contributed by atoms with Gasteiger partial charge in [-0.05, 0) is 12.5 Å². The van der Waals surface area contributed by atoms with Crippen LogP contribution in [0.3, 0.4) is 0 Å². The van der Waals surface area contributed by atoms with Crippen molar-refractivity contribution in [1.29, 1.82) is 0 Å². The van der Waals surface area contributed by atoms with Crippen molar-refractivity contribution in [2.45, 2.75) is 13.3 Å². The van der Waals surface area contributed by atoms with Gasteiger partial charge in [-0.2, -0.15) is 4.99 Å². The summed E-state index contributed by atoms with van der Waals surface area (Å²) in [4.78, 5) is 27.8. The van der Waals surface area contributed by atoms with E-state index in [0.717, 1.165) is 12.2 Å². The fraction of sp³-hybridized carbons (Fsp3) is 0.385. The lowest BCUT2D eigenvalue weighted by Crippen LogP contribution is -2.28. The van der Waals surface area contributed by atoms with Crippen LogP contribution in [-0.4, -0.2) is 35.0 Å². The highest BCUT2D eigenvalue weighted by molar-refractivity contribution is 8.14. The SMILES string of the molecule is CCCNC(=O)N=C1SCCN1c1ccc([N+](=O)[O-])cc1Cl. The summed E-state index contributed by atoms with van der Waals surface area (Å²) in [6.45, 7) is 3.17. The normalized spacial score (nSPS) is 16.1. The Hall–Kier alpha value is -1.80. The van der Waals surface area contributed by atoms with Gasteiger partial charge in [-0.25, -0.2) is 4.79 Å². The quantitative estimate of drug-likeness (QED) is 0.670. The zero-order valence-corrected chi connectivity index (χ0v) is 13.5. The molecule has 9 heteroatoms. The van der Waals surface area contributed by atoms with Crippen molar-refractivity contribution in [3.05, 3.63) is 33.3 Å². The fourth-order valence-corrected chi connectivity index (χ4v) is 3.13. The summed E-state index contributed by atoms with van der Waals surface area (Å²) < 4.78 is 0. The number of hydrogen-bond donors (Lipinski definition) is 1. The van der Waals surface area contributed by atoms with E-state index in [2.05, 4.69) is 10.3 Å². The zero-order chi connectivity index (χ0) is 16.1. The summed E-state index contributed by atoms with van der Waals surface area (Å²) in [6.07, 6.45) is 0.835. The molecule has 0 saturated carbocycles. The molecule has 0 spiro atoms. The van der Waals surface area contributed by atoms with Crippen LogP contribution in [0, 0.1) is 10.1 Å². The minimum Gasteiger partial charge on any atom is -0.336 e. The van der Waals surface area contributed by atoms with Crippen molar-refractivity contribution in [1.82, 2.24) is 5.32 Å². The van der Waals surface area contributed by atoms with Crippen LogP contribution in [0.5, 0.6) is 0 Å². The van der Waals surface area contributed by atoms with E-state index in [4.69, 9.17) is 11.6 Å². The molecule has 1 aliphatic heterocycles. The Kier molecular flexibility index (Phi) is 5.62. The van der Waals surface area contributed by atoms with Gasteiger partial charge in [0.1, 0.15) is 0 Å². The molecule has 1 aliphatic rings. The molecule has 0 radical (unpaired) electrons. The lowest BCUT2D eigenvalue weighted by Gasteiger charge is -2.18. The van der Waals surface area contributed by atoms with Crippen LogP contribution >= 0.6 is 23.4 Å². The molecule has 1 N–H and O–H groups in total. The van der Waals surface area contributed by atoms with Crippen molar-refractivity contribution in [2.24, 2.45) is 4.99 Å². The second-order valence-corrected chi connectivity index (χ2v) is 5.99. The van der Waals surface area contributed by atoms with Gasteiger partial charge < -0.3 is 10.2 Å². The van der Waals surface area contributed by atoms with Gasteiger partial charge in [0.2, 0.25) is 0 Å². The van der Waals surface area contributed by atoms with E-state index in [1.807, 2.05) is 6.92 Å². The van der Waals surface area contributed by atoms with Gasteiger partial charge >= 0.3 is 6.03 Å². The third-order valence-corrected chi connectivity index (χ3v) is 4.19. The smallest absolute Gasteiger partial charge is 0.336 e. The van der Waals surface area contributed by atoms with E-state index in [0.29, 0.717) is 23.9 Å². The minimum absolute atomic E-state index is 0.0697. The number of non-ortho nitro benzene ring substituents is 1. The number of nitro benzene ring substituents is 1. The van der Waals surface area contributed by atoms with Gasteiger partial charge in [0.15, 0.2) is 5.17 Å². The van der Waals surface area contributed by atoms with Gasteiger partial charge in [-0.3, -0.25) is 10.1 Å². The second kappa shape index (κ2) is 7.46. The van der Waals surface area contributed by atoms with E-state index in [1.54, 1.807) is 11.0 Å². The third-order valence-electron chi connectivity index (χ3n) is 2.93. The van der Waals surface area contributed by atoms with Gasteiger partial charge in [-0.15, -0.1) is 0 Å². The number of rotatable bonds is 4. The molecule has 22 heavy (non-hydrogen) atoms. The predicted octanol–water partition coefficient (Wildman–Crippen LogP) is 3.28. The van der Waals surface area contributed by atoms with Gasteiger partial charge in [0, 0.05) is 31.0 Å². The van der Waals surface area contributed by atoms with Crippen LogP contribution in [0.15, 0.2) is 23.2 Å². The zero-order valence-electron chi connectivity index (χ0n) is 11.9. The van der Waals surface area contributed by atoms with Crippen molar-refractivity contribution in [3.63, 3.8) is 0 Å². The largest absolute Gasteiger partial charge is 0.343 e. The molecule has 0 unspecified atom stereocenters. The Morgan fingerprint density at radius 2 is 2.36 bits per heavy atom. The first kappa shape index (κ1) is 16.6. The Bertz CT molecular complexity index is 623. The molecule has 1 heterocycles. The van der Waals surface area contributed by atoms with E-state index in [9.17, 15) is 14.9 Å². The number of nitrogens with one attached hydrogen (secondary N) is 1. The maximum atomic E-state index is 11.7. The molecule has 2 amide bonds. The Labute approximate surface area is 136 Å². The highest BCUT2D eigenvalue weighted by atomic mass is 35.5. The number of aliphatic imine (C=N–C) groups is 1. The first-order valence-corrected chi connectivity index (χ1v) is 8.10. The first-order chi connectivity index (χ1) is 10.5. The highest BCUT2D eigenvalue weighted by Gasteiger charge is 2.25. The summed E-state index contributed by atoms with van der Waals surface area (Å²) >= 11 is 7.58. The van der Waals surface area contributed by atoms with Crippen LogP contribution in [0.2, 0.25) is 5.02 Å². The molecule has 0 aliphatic carbocycles. The maximum absolute atomic E-state index is 11.7. The lowest BCUT2D eigenvalue weighted by molar-refractivity contribution is -0.384. The van der Waals surface area contributed by atoms with E-state index in [1.165, 1.54) is 23.9 Å². The van der Waals surface area contributed by atoms with Gasteiger partial charge in [-0.1, -0.05) is 30.3 Å². The van der Waals surface area contributed by atoms with Gasteiger partial charge in [0.05, 0.1) is 15.6 Å². The first-order valence-electron chi connectivity index (χ1n) is 6.73. The highest BCUT2D eigenvalue weighted by Crippen LogP contribution is 2.34. The lowest BCUT2D eigenvalue weighted by atomic mass is 10.2. The standard InChI is InChI=1S/C13H15ClN4O3S/c1-2-5-15-12(19)16-13-17(6-7-22-13)11-4-3-9(18(20)21)8-10(11)14/h3-4,8H,2,5-7H2,1H3,(H,15,19). The van der Waals surface area contributed by atoms with Crippen molar-refractivity contribution in [2.75, 3.05) is 23.7 Å². The van der Waals surface area contributed by atoms with Crippen LogP contribution in [0.25, 0.3) is 0 Å². The molecule has 1 aromatic rings. The summed E-state index contributed by atoms with van der Waals surface area (Å²) in [5.74, 6) is 0.771. The fourth-order valence-electron chi connectivity index (χ4n) is 1.90. The number of nitrogens with zero attached hydrogens (tertiary/aromatic N) is 3.